The van der Waals surface area contributed by atoms with Crippen molar-refractivity contribution in [1.82, 2.24) is 15.8 Å². The van der Waals surface area contributed by atoms with E-state index in [1.54, 1.807) is 35.2 Å². The number of amides is 4. The fourth-order valence-corrected chi connectivity index (χ4v) is 3.55. The van der Waals surface area contributed by atoms with Crippen molar-refractivity contribution in [2.24, 2.45) is 5.92 Å². The van der Waals surface area contributed by atoms with E-state index in [4.69, 9.17) is 9.47 Å². The van der Waals surface area contributed by atoms with E-state index in [2.05, 4.69) is 16.2 Å². The first-order chi connectivity index (χ1) is 15.9. The molecular weight excluding hydrogens is 424 g/mol. The summed E-state index contributed by atoms with van der Waals surface area (Å²) in [6, 6.07) is 13.7. The molecule has 3 N–H and O–H groups in total. The number of hydrazine groups is 1. The molecule has 4 amide bonds. The molecule has 1 atom stereocenters. The second-order valence-electron chi connectivity index (χ2n) is 8.06. The van der Waals surface area contributed by atoms with Crippen LogP contribution < -0.4 is 25.6 Å². The van der Waals surface area contributed by atoms with Crippen molar-refractivity contribution in [3.63, 3.8) is 0 Å². The molecule has 0 aromatic heterocycles. The summed E-state index contributed by atoms with van der Waals surface area (Å²) in [6.07, 6.45) is 1.29. The van der Waals surface area contributed by atoms with E-state index in [-0.39, 0.29) is 24.6 Å². The summed E-state index contributed by atoms with van der Waals surface area (Å²) in [5, 5.41) is 2.83. The number of urea groups is 1. The van der Waals surface area contributed by atoms with Gasteiger partial charge in [0, 0.05) is 24.3 Å². The Hall–Kier alpha value is -3.75. The van der Waals surface area contributed by atoms with Crippen molar-refractivity contribution >= 4 is 23.5 Å². The summed E-state index contributed by atoms with van der Waals surface area (Å²) in [5.41, 5.74) is 5.92. The number of nitrogens with zero attached hydrogens (tertiary/aromatic N) is 1. The quantitative estimate of drug-likeness (QED) is 0.581. The minimum Gasteiger partial charge on any atom is -0.493 e. The Bertz CT molecular complexity index is 980. The number of hydrogen-bond donors (Lipinski definition) is 3. The van der Waals surface area contributed by atoms with Gasteiger partial charge in [-0.2, -0.15) is 0 Å². The third-order valence-corrected chi connectivity index (χ3v) is 5.19. The van der Waals surface area contributed by atoms with Crippen molar-refractivity contribution in [3.05, 3.63) is 54.1 Å². The maximum absolute atomic E-state index is 12.6. The van der Waals surface area contributed by atoms with Gasteiger partial charge in [-0.25, -0.2) is 4.79 Å². The Labute approximate surface area is 193 Å². The molecule has 0 saturated carbocycles. The number of ether oxygens (including phenoxy) is 2. The number of nitrogens with one attached hydrogen (secondary N) is 3. The average Bonchev–Trinajstić information content (AvgIpc) is 2.83. The van der Waals surface area contributed by atoms with Crippen LogP contribution in [0.1, 0.15) is 37.0 Å². The predicted octanol–water partition coefficient (Wildman–Crippen LogP) is 3.19. The van der Waals surface area contributed by atoms with E-state index in [1.807, 2.05) is 32.0 Å². The molecule has 0 spiro atoms. The molecule has 1 aliphatic rings. The van der Waals surface area contributed by atoms with E-state index in [0.29, 0.717) is 42.1 Å². The highest BCUT2D eigenvalue weighted by Crippen LogP contribution is 2.29. The van der Waals surface area contributed by atoms with Crippen LogP contribution in [0.25, 0.3) is 0 Å². The maximum Gasteiger partial charge on any atom is 0.321 e. The molecule has 3 rings (SSSR count). The Balaban J connectivity index is 1.53. The van der Waals surface area contributed by atoms with Gasteiger partial charge >= 0.3 is 6.03 Å². The van der Waals surface area contributed by atoms with E-state index in [1.165, 1.54) is 7.11 Å². The van der Waals surface area contributed by atoms with Gasteiger partial charge in [-0.1, -0.05) is 18.2 Å². The summed E-state index contributed by atoms with van der Waals surface area (Å²) in [5.74, 6) is -0.282. The zero-order valence-corrected chi connectivity index (χ0v) is 19.1. The third kappa shape index (κ3) is 6.61. The highest BCUT2D eigenvalue weighted by molar-refractivity contribution is 5.96. The molecule has 9 nitrogen and oxygen atoms in total. The highest BCUT2D eigenvalue weighted by Gasteiger charge is 2.29. The lowest BCUT2D eigenvalue weighted by molar-refractivity contribution is -0.127. The molecule has 1 aliphatic heterocycles. The molecule has 0 bridgehead atoms. The van der Waals surface area contributed by atoms with Crippen molar-refractivity contribution in [1.29, 1.82) is 0 Å². The topological polar surface area (TPSA) is 109 Å². The van der Waals surface area contributed by atoms with Gasteiger partial charge in [0.15, 0.2) is 11.5 Å². The fraction of sp³-hybridized carbons (Fsp3) is 0.375. The largest absolute Gasteiger partial charge is 0.493 e. The Morgan fingerprint density at radius 2 is 1.79 bits per heavy atom. The molecule has 176 valence electrons. The molecule has 1 saturated heterocycles. The van der Waals surface area contributed by atoms with Gasteiger partial charge in [0.2, 0.25) is 5.91 Å². The van der Waals surface area contributed by atoms with Gasteiger partial charge in [-0.3, -0.25) is 20.4 Å². The van der Waals surface area contributed by atoms with Crippen LogP contribution in [0.3, 0.4) is 0 Å². The number of anilines is 1. The van der Waals surface area contributed by atoms with E-state index in [9.17, 15) is 14.4 Å². The number of rotatable bonds is 6. The Kier molecular flexibility index (Phi) is 8.12. The SMILES string of the molecule is COc1cc(C(=O)NNC(=O)C2CCCN(C(=O)Nc3ccccc3)C2)ccc1OC(C)C. The van der Waals surface area contributed by atoms with Crippen LogP contribution in [0, 0.1) is 5.92 Å². The second kappa shape index (κ2) is 11.2. The molecule has 0 aliphatic carbocycles. The van der Waals surface area contributed by atoms with Crippen molar-refractivity contribution in [2.75, 3.05) is 25.5 Å². The van der Waals surface area contributed by atoms with Gasteiger partial charge in [0.05, 0.1) is 19.1 Å². The van der Waals surface area contributed by atoms with Gasteiger partial charge in [0.25, 0.3) is 5.91 Å². The number of para-hydroxylation sites is 1. The maximum atomic E-state index is 12.6. The number of benzene rings is 2. The zero-order valence-electron chi connectivity index (χ0n) is 19.1. The van der Waals surface area contributed by atoms with Gasteiger partial charge < -0.3 is 19.7 Å². The van der Waals surface area contributed by atoms with E-state index in [0.717, 1.165) is 0 Å². The van der Waals surface area contributed by atoms with Crippen molar-refractivity contribution < 1.29 is 23.9 Å². The molecule has 33 heavy (non-hydrogen) atoms. The van der Waals surface area contributed by atoms with Crippen LogP contribution in [0.4, 0.5) is 10.5 Å². The second-order valence-corrected chi connectivity index (χ2v) is 8.06. The summed E-state index contributed by atoms with van der Waals surface area (Å²) >= 11 is 0. The first-order valence-corrected chi connectivity index (χ1v) is 10.9. The monoisotopic (exact) mass is 454 g/mol. The highest BCUT2D eigenvalue weighted by atomic mass is 16.5. The molecule has 1 fully saturated rings. The summed E-state index contributed by atoms with van der Waals surface area (Å²) < 4.78 is 11.0. The molecular formula is C24H30N4O5. The average molecular weight is 455 g/mol. The lowest BCUT2D eigenvalue weighted by atomic mass is 9.97. The fourth-order valence-electron chi connectivity index (χ4n) is 3.55. The van der Waals surface area contributed by atoms with Crippen LogP contribution in [0.5, 0.6) is 11.5 Å². The van der Waals surface area contributed by atoms with Gasteiger partial charge in [-0.05, 0) is 57.0 Å². The number of methoxy groups -OCH3 is 1. The summed E-state index contributed by atoms with van der Waals surface area (Å²) in [4.78, 5) is 39.3. The molecule has 2 aromatic rings. The van der Waals surface area contributed by atoms with E-state index < -0.39 is 11.8 Å². The standard InChI is InChI=1S/C24H30N4O5/c1-16(2)33-20-12-11-17(14-21(20)32-3)22(29)26-27-23(30)18-8-7-13-28(15-18)24(31)25-19-9-5-4-6-10-19/h4-6,9-12,14,16,18H,7-8,13,15H2,1-3H3,(H,25,31)(H,26,29)(H,27,30). The normalized spacial score (nSPS) is 15.5. The summed E-state index contributed by atoms with van der Waals surface area (Å²) in [6.45, 7) is 4.63. The number of likely N-dealkylation sites (tertiary alicyclic amines) is 1. The Morgan fingerprint density at radius 1 is 1.03 bits per heavy atom. The zero-order chi connectivity index (χ0) is 23.8. The number of piperidine rings is 1. The van der Waals surface area contributed by atoms with Gasteiger partial charge in [-0.15, -0.1) is 0 Å². The molecule has 1 unspecified atom stereocenters. The van der Waals surface area contributed by atoms with Crippen molar-refractivity contribution in [2.45, 2.75) is 32.8 Å². The molecule has 1 heterocycles. The third-order valence-electron chi connectivity index (χ3n) is 5.19. The van der Waals surface area contributed by atoms with E-state index >= 15 is 0 Å². The Morgan fingerprint density at radius 3 is 2.48 bits per heavy atom. The minimum absolute atomic E-state index is 0.0392. The van der Waals surface area contributed by atoms with Crippen LogP contribution in [-0.2, 0) is 4.79 Å². The smallest absolute Gasteiger partial charge is 0.321 e. The lowest BCUT2D eigenvalue weighted by Crippen LogP contribution is -2.50. The lowest BCUT2D eigenvalue weighted by Gasteiger charge is -2.32. The first-order valence-electron chi connectivity index (χ1n) is 10.9. The first kappa shape index (κ1) is 23.9. The van der Waals surface area contributed by atoms with Crippen LogP contribution in [0.15, 0.2) is 48.5 Å². The van der Waals surface area contributed by atoms with Crippen molar-refractivity contribution in [3.8, 4) is 11.5 Å². The van der Waals surface area contributed by atoms with Crippen LogP contribution in [-0.4, -0.2) is 49.0 Å². The number of hydrogen-bond acceptors (Lipinski definition) is 5. The molecule has 9 heteroatoms. The number of carbonyl (C=O) groups is 3. The number of carbonyl (C=O) groups excluding carboxylic acids is 3. The molecule has 0 radical (unpaired) electrons. The van der Waals surface area contributed by atoms with Gasteiger partial charge in [0.1, 0.15) is 0 Å². The summed E-state index contributed by atoms with van der Waals surface area (Å²) in [7, 11) is 1.49. The predicted molar refractivity (Wildman–Crippen MR) is 124 cm³/mol. The van der Waals surface area contributed by atoms with Crippen LogP contribution in [0.2, 0.25) is 0 Å². The van der Waals surface area contributed by atoms with Crippen LogP contribution >= 0.6 is 0 Å². The minimum atomic E-state index is -0.479. The molecule has 2 aromatic carbocycles.